The van der Waals surface area contributed by atoms with Crippen LogP contribution in [0.4, 0.5) is 13.2 Å². The van der Waals surface area contributed by atoms with E-state index in [0.717, 1.165) is 0 Å². The number of halogens is 3. The number of phenols is 2. The van der Waals surface area contributed by atoms with Crippen LogP contribution in [0.3, 0.4) is 0 Å². The lowest BCUT2D eigenvalue weighted by molar-refractivity contribution is 0.152. The number of fused-ring (bicyclic) bond motifs is 1. The van der Waals surface area contributed by atoms with Crippen molar-refractivity contribution in [3.8, 4) is 22.6 Å². The molecule has 0 saturated carbocycles. The molecule has 3 nitrogen and oxygen atoms in total. The molecule has 0 radical (unpaired) electrons. The summed E-state index contributed by atoms with van der Waals surface area (Å²) in [4.78, 5) is 4.00. The average molecular weight is 321 g/mol. The van der Waals surface area contributed by atoms with E-state index in [1.807, 2.05) is 0 Å². The van der Waals surface area contributed by atoms with Gasteiger partial charge in [-0.1, -0.05) is 24.3 Å². The lowest BCUT2D eigenvalue weighted by Gasteiger charge is -2.13. The number of hydrogen-bond donors (Lipinski definition) is 2. The highest BCUT2D eigenvalue weighted by Crippen LogP contribution is 2.42. The van der Waals surface area contributed by atoms with Gasteiger partial charge in [-0.25, -0.2) is 8.78 Å². The maximum atomic E-state index is 13.1. The number of aromatic nitrogens is 1. The van der Waals surface area contributed by atoms with Crippen LogP contribution in [-0.4, -0.2) is 22.4 Å². The predicted octanol–water partition coefficient (Wildman–Crippen LogP) is 4.84. The van der Waals surface area contributed by atoms with Gasteiger partial charge < -0.3 is 10.2 Å². The maximum Gasteiger partial charge on any atom is 0.264 e. The van der Waals surface area contributed by atoms with Crippen LogP contribution < -0.4 is 0 Å². The normalized spacial score (nSPS) is 10.5. The topological polar surface area (TPSA) is 53.4 Å². The monoisotopic (exact) mass is 321 g/mol. The molecule has 0 spiro atoms. The van der Waals surface area contributed by atoms with Crippen LogP contribution in [-0.2, 0) is 0 Å². The molecule has 2 N–H and O–H groups in total. The van der Waals surface area contributed by atoms with E-state index in [-0.39, 0.29) is 33.7 Å². The van der Waals surface area contributed by atoms with E-state index in [0.29, 0.717) is 12.6 Å². The van der Waals surface area contributed by atoms with Crippen LogP contribution in [0.25, 0.3) is 22.0 Å². The smallest absolute Gasteiger partial charge is 0.264 e. The number of aromatic hydroxyl groups is 2. The molecule has 0 amide bonds. The molecular weight excluding hydrogens is 307 g/mol. The SMILES string of the molecule is CF.Oc1cc(-c2ccccc2C(F)F)c(O)c2ncccc12. The number of hydrogen-bond acceptors (Lipinski definition) is 3. The summed E-state index contributed by atoms with van der Waals surface area (Å²) in [5.74, 6) is -0.341. The van der Waals surface area contributed by atoms with Gasteiger partial charge in [0.25, 0.3) is 6.43 Å². The zero-order chi connectivity index (χ0) is 17.0. The molecule has 3 rings (SSSR count). The van der Waals surface area contributed by atoms with E-state index in [1.54, 1.807) is 18.2 Å². The quantitative estimate of drug-likeness (QED) is 0.664. The highest BCUT2D eigenvalue weighted by atomic mass is 19.3. The Balaban J connectivity index is 0.000000924. The molecular formula is C17H14F3NO2. The van der Waals surface area contributed by atoms with Crippen LogP contribution >= 0.6 is 0 Å². The highest BCUT2D eigenvalue weighted by Gasteiger charge is 2.19. The molecule has 0 aliphatic carbocycles. The van der Waals surface area contributed by atoms with E-state index in [4.69, 9.17) is 0 Å². The summed E-state index contributed by atoms with van der Waals surface area (Å²) < 4.78 is 35.7. The summed E-state index contributed by atoms with van der Waals surface area (Å²) >= 11 is 0. The van der Waals surface area contributed by atoms with Gasteiger partial charge >= 0.3 is 0 Å². The number of alkyl halides is 3. The fraction of sp³-hybridized carbons (Fsp3) is 0.118. The molecule has 0 aliphatic rings. The minimum Gasteiger partial charge on any atom is -0.507 e. The largest absolute Gasteiger partial charge is 0.507 e. The van der Waals surface area contributed by atoms with Crippen molar-refractivity contribution in [2.75, 3.05) is 7.18 Å². The molecule has 0 saturated heterocycles. The summed E-state index contributed by atoms with van der Waals surface area (Å²) in [7, 11) is 0.500. The first-order valence-electron chi connectivity index (χ1n) is 6.64. The Bertz CT molecular complexity index is 822. The van der Waals surface area contributed by atoms with Crippen LogP contribution in [0.2, 0.25) is 0 Å². The van der Waals surface area contributed by atoms with Gasteiger partial charge in [0.1, 0.15) is 17.0 Å². The lowest BCUT2D eigenvalue weighted by Crippen LogP contribution is -1.91. The van der Waals surface area contributed by atoms with Crippen LogP contribution in [0.1, 0.15) is 12.0 Å². The van der Waals surface area contributed by atoms with Crippen molar-refractivity contribution in [3.05, 3.63) is 54.2 Å². The number of benzene rings is 2. The minimum absolute atomic E-state index is 0.116. The molecule has 23 heavy (non-hydrogen) atoms. The van der Waals surface area contributed by atoms with Crippen LogP contribution in [0.5, 0.6) is 11.5 Å². The standard InChI is InChI=1S/C16H11F2NO2.CH3F/c17-16(18)10-5-2-1-4-9(10)12-8-13(20)11-6-3-7-19-14(11)15(12)21;1-2/h1-8,16,20-21H;1H3. The first-order valence-corrected chi connectivity index (χ1v) is 6.64. The number of pyridine rings is 1. The summed E-state index contributed by atoms with van der Waals surface area (Å²) in [6, 6.07) is 10.4. The molecule has 0 aliphatic heterocycles. The summed E-state index contributed by atoms with van der Waals surface area (Å²) in [6.45, 7) is 0. The fourth-order valence-electron chi connectivity index (χ4n) is 2.35. The first-order chi connectivity index (χ1) is 11.1. The summed E-state index contributed by atoms with van der Waals surface area (Å²) in [5, 5.41) is 20.7. The fourth-order valence-corrected chi connectivity index (χ4v) is 2.35. The van der Waals surface area contributed by atoms with Gasteiger partial charge in [-0.05, 0) is 23.8 Å². The average Bonchev–Trinajstić information content (AvgIpc) is 2.60. The molecule has 120 valence electrons. The Morgan fingerprint density at radius 3 is 2.35 bits per heavy atom. The van der Waals surface area contributed by atoms with E-state index in [1.165, 1.54) is 30.5 Å². The highest BCUT2D eigenvalue weighted by molar-refractivity contribution is 5.96. The van der Waals surface area contributed by atoms with Crippen molar-refractivity contribution in [2.45, 2.75) is 6.43 Å². The molecule has 6 heteroatoms. The zero-order valence-electron chi connectivity index (χ0n) is 12.2. The third kappa shape index (κ3) is 3.06. The van der Waals surface area contributed by atoms with E-state index < -0.39 is 6.43 Å². The number of rotatable bonds is 2. The Hall–Kier alpha value is -2.76. The van der Waals surface area contributed by atoms with Crippen molar-refractivity contribution in [1.82, 2.24) is 4.98 Å². The van der Waals surface area contributed by atoms with E-state index in [9.17, 15) is 23.4 Å². The lowest BCUT2D eigenvalue weighted by atomic mass is 9.97. The van der Waals surface area contributed by atoms with Gasteiger partial charge in [0, 0.05) is 22.7 Å². The third-order valence-corrected chi connectivity index (χ3v) is 3.33. The number of nitrogens with zero attached hydrogens (tertiary/aromatic N) is 1. The second-order valence-corrected chi connectivity index (χ2v) is 4.58. The molecule has 3 aromatic rings. The van der Waals surface area contributed by atoms with Gasteiger partial charge in [0.05, 0.1) is 7.18 Å². The molecule has 0 atom stereocenters. The van der Waals surface area contributed by atoms with Gasteiger partial charge in [-0.3, -0.25) is 9.37 Å². The third-order valence-electron chi connectivity index (χ3n) is 3.33. The predicted molar refractivity (Wildman–Crippen MR) is 82.5 cm³/mol. The Morgan fingerprint density at radius 1 is 0.957 bits per heavy atom. The van der Waals surface area contributed by atoms with Gasteiger partial charge in [0.15, 0.2) is 0 Å². The Morgan fingerprint density at radius 2 is 1.65 bits per heavy atom. The number of phenolic OH excluding ortho intramolecular Hbond substituents is 2. The van der Waals surface area contributed by atoms with Crippen molar-refractivity contribution in [1.29, 1.82) is 0 Å². The van der Waals surface area contributed by atoms with E-state index >= 15 is 0 Å². The molecule has 2 aromatic carbocycles. The second-order valence-electron chi connectivity index (χ2n) is 4.58. The van der Waals surface area contributed by atoms with Crippen molar-refractivity contribution >= 4 is 10.9 Å². The van der Waals surface area contributed by atoms with Gasteiger partial charge in [-0.2, -0.15) is 0 Å². The summed E-state index contributed by atoms with van der Waals surface area (Å²) in [5.41, 5.74) is 0.279. The van der Waals surface area contributed by atoms with Crippen molar-refractivity contribution < 1.29 is 23.4 Å². The van der Waals surface area contributed by atoms with E-state index in [2.05, 4.69) is 4.98 Å². The van der Waals surface area contributed by atoms with Gasteiger partial charge in [0.2, 0.25) is 0 Å². The van der Waals surface area contributed by atoms with Crippen LogP contribution in [0, 0.1) is 0 Å². The molecule has 0 bridgehead atoms. The first kappa shape index (κ1) is 16.6. The molecule has 1 heterocycles. The van der Waals surface area contributed by atoms with Gasteiger partial charge in [-0.15, -0.1) is 0 Å². The van der Waals surface area contributed by atoms with Crippen LogP contribution in [0.15, 0.2) is 48.7 Å². The Labute approximate surface area is 130 Å². The molecule has 0 fully saturated rings. The Kier molecular flexibility index (Phi) is 5.05. The summed E-state index contributed by atoms with van der Waals surface area (Å²) in [6.07, 6.45) is -1.22. The van der Waals surface area contributed by atoms with Crippen molar-refractivity contribution in [3.63, 3.8) is 0 Å². The molecule has 1 aromatic heterocycles. The second kappa shape index (κ2) is 7.00. The minimum atomic E-state index is -2.68. The zero-order valence-corrected chi connectivity index (χ0v) is 12.2. The molecule has 0 unspecified atom stereocenters. The maximum absolute atomic E-state index is 13.1. The van der Waals surface area contributed by atoms with Crippen molar-refractivity contribution in [2.24, 2.45) is 0 Å².